The molecule has 0 spiro atoms. The topological polar surface area (TPSA) is 34.9 Å². The van der Waals surface area contributed by atoms with Crippen LogP contribution in [-0.4, -0.2) is 15.6 Å². The van der Waals surface area contributed by atoms with Gasteiger partial charge in [0.25, 0.3) is 0 Å². The van der Waals surface area contributed by atoms with Gasteiger partial charge in [0.15, 0.2) is 17.4 Å². The molecule has 1 aromatic carbocycles. The fraction of sp³-hybridized carbons (Fsp3) is 0.333. The van der Waals surface area contributed by atoms with Gasteiger partial charge >= 0.3 is 0 Å². The summed E-state index contributed by atoms with van der Waals surface area (Å²) in [7, 11) is 0. The number of carbonyl (C=O) groups is 1. The zero-order chi connectivity index (χ0) is 14.7. The zero-order valence-corrected chi connectivity index (χ0v) is 11.4. The normalized spacial score (nSPS) is 12.4. The average Bonchev–Trinajstić information content (AvgIpc) is 2.89. The fourth-order valence-corrected chi connectivity index (χ4v) is 1.88. The minimum atomic E-state index is -1.10. The van der Waals surface area contributed by atoms with Crippen LogP contribution in [0.15, 0.2) is 30.5 Å². The van der Waals surface area contributed by atoms with E-state index in [1.807, 2.05) is 13.8 Å². The molecule has 3 nitrogen and oxygen atoms in total. The van der Waals surface area contributed by atoms with Crippen LogP contribution < -0.4 is 0 Å². The second-order valence-corrected chi connectivity index (χ2v) is 4.75. The summed E-state index contributed by atoms with van der Waals surface area (Å²) in [5, 5.41) is 4.28. The number of aromatic nitrogens is 2. The third-order valence-corrected chi connectivity index (χ3v) is 3.30. The van der Waals surface area contributed by atoms with Gasteiger partial charge in [-0.3, -0.25) is 9.48 Å². The predicted octanol–water partition coefficient (Wildman–Crippen LogP) is 3.56. The Kier molecular flexibility index (Phi) is 4.27. The molecule has 0 aliphatic heterocycles. The van der Waals surface area contributed by atoms with Gasteiger partial charge in [0.2, 0.25) is 0 Å². The van der Waals surface area contributed by atoms with Gasteiger partial charge in [-0.25, -0.2) is 8.78 Å². The van der Waals surface area contributed by atoms with Crippen molar-refractivity contribution in [3.8, 4) is 0 Å². The molecule has 0 N–H and O–H groups in total. The first-order chi connectivity index (χ1) is 9.52. The van der Waals surface area contributed by atoms with Crippen LogP contribution in [-0.2, 0) is 6.42 Å². The summed E-state index contributed by atoms with van der Waals surface area (Å²) < 4.78 is 28.4. The largest absolute Gasteiger partial charge is 0.294 e. The second kappa shape index (κ2) is 5.94. The molecule has 1 aromatic heterocycles. The summed E-state index contributed by atoms with van der Waals surface area (Å²) in [6, 6.07) is 5.56. The summed E-state index contributed by atoms with van der Waals surface area (Å²) >= 11 is 0. The molecule has 0 saturated carbocycles. The Bertz CT molecular complexity index is 622. The number of rotatable bonds is 5. The van der Waals surface area contributed by atoms with Crippen LogP contribution in [0.25, 0.3) is 0 Å². The van der Waals surface area contributed by atoms with Crippen molar-refractivity contribution in [2.24, 2.45) is 0 Å². The Balaban J connectivity index is 2.15. The maximum atomic E-state index is 13.5. The highest BCUT2D eigenvalue weighted by molar-refractivity contribution is 5.97. The van der Waals surface area contributed by atoms with Crippen molar-refractivity contribution in [3.63, 3.8) is 0 Å². The van der Waals surface area contributed by atoms with Gasteiger partial charge in [0, 0.05) is 12.2 Å². The van der Waals surface area contributed by atoms with E-state index in [4.69, 9.17) is 0 Å². The van der Waals surface area contributed by atoms with Crippen LogP contribution in [0, 0.1) is 11.6 Å². The number of carbonyl (C=O) groups excluding carboxylic acids is 1. The van der Waals surface area contributed by atoms with E-state index < -0.39 is 17.4 Å². The first-order valence-electron chi connectivity index (χ1n) is 6.54. The van der Waals surface area contributed by atoms with E-state index in [1.165, 1.54) is 12.1 Å². The number of ketones is 1. The van der Waals surface area contributed by atoms with Crippen molar-refractivity contribution >= 4 is 5.78 Å². The summed E-state index contributed by atoms with van der Waals surface area (Å²) in [6.07, 6.45) is 2.68. The van der Waals surface area contributed by atoms with E-state index in [0.717, 1.165) is 12.5 Å². The molecule has 0 amide bonds. The van der Waals surface area contributed by atoms with Crippen molar-refractivity contribution in [1.29, 1.82) is 0 Å². The van der Waals surface area contributed by atoms with Crippen molar-refractivity contribution in [2.75, 3.05) is 0 Å². The molecule has 20 heavy (non-hydrogen) atoms. The molecule has 1 heterocycles. The van der Waals surface area contributed by atoms with E-state index in [1.54, 1.807) is 16.9 Å². The number of hydrogen-bond acceptors (Lipinski definition) is 2. The number of Topliss-reactive ketones (excluding diaryl/α,β-unsaturated/α-hetero) is 1. The lowest BCUT2D eigenvalue weighted by Gasteiger charge is -2.08. The molecular weight excluding hydrogens is 262 g/mol. The molecule has 0 radical (unpaired) electrons. The molecule has 0 fully saturated rings. The van der Waals surface area contributed by atoms with Crippen LogP contribution >= 0.6 is 0 Å². The van der Waals surface area contributed by atoms with Crippen molar-refractivity contribution in [3.05, 3.63) is 53.4 Å². The quantitative estimate of drug-likeness (QED) is 0.784. The summed E-state index contributed by atoms with van der Waals surface area (Å²) in [5.41, 5.74) is 0.321. The smallest absolute Gasteiger partial charge is 0.171 e. The average molecular weight is 278 g/mol. The Labute approximate surface area is 116 Å². The number of halogens is 2. The molecule has 5 heteroatoms. The highest BCUT2D eigenvalue weighted by Crippen LogP contribution is 2.15. The summed E-state index contributed by atoms with van der Waals surface area (Å²) in [6.45, 7) is 4.06. The maximum Gasteiger partial charge on any atom is 0.171 e. The van der Waals surface area contributed by atoms with Gasteiger partial charge in [0.05, 0.1) is 17.7 Å². The monoisotopic (exact) mass is 278 g/mol. The Morgan fingerprint density at radius 2 is 2.10 bits per heavy atom. The highest BCUT2D eigenvalue weighted by atomic mass is 19.2. The first kappa shape index (κ1) is 14.4. The standard InChI is InChI=1S/C15H16F2N2O/c1-3-10(2)19-8-7-11(18-19)9-14(20)12-5-4-6-13(16)15(12)17/h4-8,10H,3,9H2,1-2H3. The van der Waals surface area contributed by atoms with Gasteiger partial charge in [-0.2, -0.15) is 5.10 Å². The molecule has 0 aliphatic rings. The van der Waals surface area contributed by atoms with Gasteiger partial charge in [0.1, 0.15) is 0 Å². The molecule has 0 bridgehead atoms. The van der Waals surface area contributed by atoms with Crippen LogP contribution in [0.3, 0.4) is 0 Å². The van der Waals surface area contributed by atoms with E-state index in [0.29, 0.717) is 5.69 Å². The van der Waals surface area contributed by atoms with E-state index in [-0.39, 0.29) is 18.0 Å². The Morgan fingerprint density at radius 3 is 2.80 bits per heavy atom. The van der Waals surface area contributed by atoms with Crippen LogP contribution in [0.1, 0.15) is 42.4 Å². The lowest BCUT2D eigenvalue weighted by Crippen LogP contribution is -2.09. The molecule has 2 rings (SSSR count). The van der Waals surface area contributed by atoms with E-state index >= 15 is 0 Å². The summed E-state index contributed by atoms with van der Waals surface area (Å²) in [4.78, 5) is 12.0. The molecule has 0 saturated heterocycles. The lowest BCUT2D eigenvalue weighted by atomic mass is 10.1. The Hall–Kier alpha value is -2.04. The zero-order valence-electron chi connectivity index (χ0n) is 11.4. The maximum absolute atomic E-state index is 13.5. The van der Waals surface area contributed by atoms with Crippen LogP contribution in [0.5, 0.6) is 0 Å². The van der Waals surface area contributed by atoms with E-state index in [9.17, 15) is 13.6 Å². The van der Waals surface area contributed by atoms with Gasteiger partial charge in [-0.1, -0.05) is 13.0 Å². The second-order valence-electron chi connectivity index (χ2n) is 4.75. The molecule has 106 valence electrons. The molecular formula is C15H16F2N2O. The van der Waals surface area contributed by atoms with Crippen LogP contribution in [0.2, 0.25) is 0 Å². The van der Waals surface area contributed by atoms with Gasteiger partial charge < -0.3 is 0 Å². The SMILES string of the molecule is CCC(C)n1ccc(CC(=O)c2cccc(F)c2F)n1. The minimum Gasteiger partial charge on any atom is -0.294 e. The van der Waals surface area contributed by atoms with Gasteiger partial charge in [-0.05, 0) is 31.5 Å². The third kappa shape index (κ3) is 2.92. The van der Waals surface area contributed by atoms with Gasteiger partial charge in [-0.15, -0.1) is 0 Å². The number of hydrogen-bond donors (Lipinski definition) is 0. The molecule has 0 aliphatic carbocycles. The number of benzene rings is 1. The number of nitrogens with zero attached hydrogens (tertiary/aromatic N) is 2. The fourth-order valence-electron chi connectivity index (χ4n) is 1.88. The minimum absolute atomic E-state index is 0.0379. The van der Waals surface area contributed by atoms with Crippen molar-refractivity contribution in [1.82, 2.24) is 9.78 Å². The molecule has 1 atom stereocenters. The van der Waals surface area contributed by atoms with Crippen molar-refractivity contribution in [2.45, 2.75) is 32.7 Å². The van der Waals surface area contributed by atoms with Crippen molar-refractivity contribution < 1.29 is 13.6 Å². The molecule has 1 unspecified atom stereocenters. The summed E-state index contributed by atoms with van der Waals surface area (Å²) in [5.74, 6) is -2.59. The highest BCUT2D eigenvalue weighted by Gasteiger charge is 2.16. The van der Waals surface area contributed by atoms with E-state index in [2.05, 4.69) is 5.10 Å². The third-order valence-electron chi connectivity index (χ3n) is 3.30. The Morgan fingerprint density at radius 1 is 1.35 bits per heavy atom. The lowest BCUT2D eigenvalue weighted by molar-refractivity contribution is 0.0987. The molecule has 2 aromatic rings. The van der Waals surface area contributed by atoms with Crippen LogP contribution in [0.4, 0.5) is 8.78 Å². The predicted molar refractivity (Wildman–Crippen MR) is 71.6 cm³/mol. The first-order valence-corrected chi connectivity index (χ1v) is 6.54.